The van der Waals surface area contributed by atoms with E-state index in [-0.39, 0.29) is 0 Å². The summed E-state index contributed by atoms with van der Waals surface area (Å²) < 4.78 is 5.56. The summed E-state index contributed by atoms with van der Waals surface area (Å²) >= 11 is 5.84. The molecular formula is C11H10ClN3O. The van der Waals surface area contributed by atoms with Crippen molar-refractivity contribution in [2.24, 2.45) is 0 Å². The Morgan fingerprint density at radius 1 is 1.31 bits per heavy atom. The number of halogens is 1. The summed E-state index contributed by atoms with van der Waals surface area (Å²) in [4.78, 5) is 7.87. The van der Waals surface area contributed by atoms with E-state index in [1.54, 1.807) is 31.2 Å². The molecule has 0 fully saturated rings. The van der Waals surface area contributed by atoms with Crippen molar-refractivity contribution < 1.29 is 4.74 Å². The number of nitrogen functional groups attached to an aromatic ring is 1. The van der Waals surface area contributed by atoms with Crippen LogP contribution in [0.5, 0.6) is 11.6 Å². The molecule has 0 aliphatic heterocycles. The third-order valence-electron chi connectivity index (χ3n) is 2.09. The largest absolute Gasteiger partial charge is 0.439 e. The highest BCUT2D eigenvalue weighted by Gasteiger charge is 2.06. The van der Waals surface area contributed by atoms with Crippen molar-refractivity contribution >= 4 is 17.4 Å². The molecule has 0 atom stereocenters. The number of anilines is 1. The second kappa shape index (κ2) is 4.37. The SMILES string of the molecule is Cc1c(N)ncnc1Oc1cccc(Cl)c1. The first-order valence-electron chi connectivity index (χ1n) is 4.67. The lowest BCUT2D eigenvalue weighted by molar-refractivity contribution is 0.458. The molecular weight excluding hydrogens is 226 g/mol. The van der Waals surface area contributed by atoms with E-state index < -0.39 is 0 Å². The fourth-order valence-corrected chi connectivity index (χ4v) is 1.37. The third kappa shape index (κ3) is 2.23. The lowest BCUT2D eigenvalue weighted by Crippen LogP contribution is -1.98. The molecule has 82 valence electrons. The van der Waals surface area contributed by atoms with Gasteiger partial charge in [0.15, 0.2) is 0 Å². The van der Waals surface area contributed by atoms with Crippen LogP contribution in [0.25, 0.3) is 0 Å². The molecule has 1 aromatic carbocycles. The van der Waals surface area contributed by atoms with Gasteiger partial charge in [0.25, 0.3) is 0 Å². The van der Waals surface area contributed by atoms with Crippen molar-refractivity contribution in [3.8, 4) is 11.6 Å². The first kappa shape index (κ1) is 10.7. The molecule has 5 heteroatoms. The standard InChI is InChI=1S/C11H10ClN3O/c1-7-10(13)14-6-15-11(7)16-9-4-2-3-8(12)5-9/h2-6H,1H3,(H2,13,14,15). The van der Waals surface area contributed by atoms with E-state index in [4.69, 9.17) is 22.1 Å². The van der Waals surface area contributed by atoms with Gasteiger partial charge in [0.2, 0.25) is 5.88 Å². The Bertz CT molecular complexity index is 516. The Kier molecular flexibility index (Phi) is 2.92. The highest BCUT2D eigenvalue weighted by Crippen LogP contribution is 2.26. The molecule has 0 amide bonds. The summed E-state index contributed by atoms with van der Waals surface area (Å²) in [6.07, 6.45) is 1.36. The summed E-state index contributed by atoms with van der Waals surface area (Å²) in [6.45, 7) is 1.80. The second-order valence-corrected chi connectivity index (χ2v) is 3.68. The molecule has 0 saturated heterocycles. The molecule has 2 rings (SSSR count). The maximum absolute atomic E-state index is 5.84. The smallest absolute Gasteiger partial charge is 0.227 e. The molecule has 0 saturated carbocycles. The summed E-state index contributed by atoms with van der Waals surface area (Å²) in [7, 11) is 0. The van der Waals surface area contributed by atoms with Crippen molar-refractivity contribution in [2.75, 3.05) is 5.73 Å². The van der Waals surface area contributed by atoms with Crippen molar-refractivity contribution in [1.82, 2.24) is 9.97 Å². The maximum Gasteiger partial charge on any atom is 0.227 e. The molecule has 0 aliphatic carbocycles. The fraction of sp³-hybridized carbons (Fsp3) is 0.0909. The van der Waals surface area contributed by atoms with Gasteiger partial charge < -0.3 is 10.5 Å². The van der Waals surface area contributed by atoms with Crippen LogP contribution < -0.4 is 10.5 Å². The van der Waals surface area contributed by atoms with Gasteiger partial charge in [0.1, 0.15) is 17.9 Å². The Balaban J connectivity index is 2.31. The van der Waals surface area contributed by atoms with Crippen LogP contribution in [-0.4, -0.2) is 9.97 Å². The molecule has 0 aliphatic rings. The Labute approximate surface area is 98.0 Å². The van der Waals surface area contributed by atoms with Gasteiger partial charge in [0, 0.05) is 5.02 Å². The van der Waals surface area contributed by atoms with Gasteiger partial charge in [-0.25, -0.2) is 9.97 Å². The van der Waals surface area contributed by atoms with Crippen LogP contribution in [0.4, 0.5) is 5.82 Å². The van der Waals surface area contributed by atoms with E-state index in [1.807, 2.05) is 0 Å². The summed E-state index contributed by atoms with van der Waals surface area (Å²) in [5.74, 6) is 1.47. The van der Waals surface area contributed by atoms with Crippen molar-refractivity contribution in [3.63, 3.8) is 0 Å². The van der Waals surface area contributed by atoms with Crippen LogP contribution in [0.1, 0.15) is 5.56 Å². The predicted molar refractivity (Wildman–Crippen MR) is 62.7 cm³/mol. The molecule has 1 aromatic heterocycles. The number of hydrogen-bond donors (Lipinski definition) is 1. The topological polar surface area (TPSA) is 61.0 Å². The average molecular weight is 236 g/mol. The van der Waals surface area contributed by atoms with E-state index in [2.05, 4.69) is 9.97 Å². The lowest BCUT2D eigenvalue weighted by Gasteiger charge is -2.08. The van der Waals surface area contributed by atoms with Gasteiger partial charge in [-0.3, -0.25) is 0 Å². The Hall–Kier alpha value is -1.81. The van der Waals surface area contributed by atoms with Gasteiger partial charge in [-0.15, -0.1) is 0 Å². The zero-order chi connectivity index (χ0) is 11.5. The zero-order valence-corrected chi connectivity index (χ0v) is 9.40. The Morgan fingerprint density at radius 3 is 2.88 bits per heavy atom. The van der Waals surface area contributed by atoms with Crippen molar-refractivity contribution in [2.45, 2.75) is 6.92 Å². The van der Waals surface area contributed by atoms with E-state index in [0.29, 0.717) is 28.0 Å². The van der Waals surface area contributed by atoms with Crippen LogP contribution in [0.3, 0.4) is 0 Å². The first-order chi connectivity index (χ1) is 7.66. The van der Waals surface area contributed by atoms with Crippen molar-refractivity contribution in [1.29, 1.82) is 0 Å². The van der Waals surface area contributed by atoms with E-state index in [1.165, 1.54) is 6.33 Å². The Morgan fingerprint density at radius 2 is 2.12 bits per heavy atom. The molecule has 0 spiro atoms. The number of nitrogens with two attached hydrogens (primary N) is 1. The fourth-order valence-electron chi connectivity index (χ4n) is 1.19. The number of aromatic nitrogens is 2. The monoisotopic (exact) mass is 235 g/mol. The van der Waals surface area contributed by atoms with Gasteiger partial charge in [-0.1, -0.05) is 17.7 Å². The van der Waals surface area contributed by atoms with Crippen LogP contribution in [0, 0.1) is 6.92 Å². The number of hydrogen-bond acceptors (Lipinski definition) is 4. The molecule has 1 heterocycles. The molecule has 16 heavy (non-hydrogen) atoms. The van der Waals surface area contributed by atoms with Crippen LogP contribution >= 0.6 is 11.6 Å². The highest BCUT2D eigenvalue weighted by atomic mass is 35.5. The predicted octanol–water partition coefficient (Wildman–Crippen LogP) is 2.81. The average Bonchev–Trinajstić information content (AvgIpc) is 2.25. The minimum Gasteiger partial charge on any atom is -0.439 e. The number of rotatable bonds is 2. The summed E-state index contributed by atoms with van der Waals surface area (Å²) in [5.41, 5.74) is 6.36. The van der Waals surface area contributed by atoms with Crippen LogP contribution in [0.2, 0.25) is 5.02 Å². The second-order valence-electron chi connectivity index (χ2n) is 3.25. The minimum absolute atomic E-state index is 0.409. The normalized spacial score (nSPS) is 10.1. The van der Waals surface area contributed by atoms with Gasteiger partial charge >= 0.3 is 0 Å². The molecule has 2 N–H and O–H groups in total. The minimum atomic E-state index is 0.409. The molecule has 0 radical (unpaired) electrons. The number of ether oxygens (including phenoxy) is 1. The molecule has 4 nitrogen and oxygen atoms in total. The van der Waals surface area contributed by atoms with E-state index >= 15 is 0 Å². The number of benzene rings is 1. The van der Waals surface area contributed by atoms with E-state index in [9.17, 15) is 0 Å². The zero-order valence-electron chi connectivity index (χ0n) is 8.64. The third-order valence-corrected chi connectivity index (χ3v) is 2.32. The molecule has 0 bridgehead atoms. The maximum atomic E-state index is 5.84. The summed E-state index contributed by atoms with van der Waals surface area (Å²) in [6, 6.07) is 7.08. The summed E-state index contributed by atoms with van der Waals surface area (Å²) in [5, 5.41) is 0.609. The van der Waals surface area contributed by atoms with Crippen molar-refractivity contribution in [3.05, 3.63) is 41.2 Å². The van der Waals surface area contributed by atoms with Gasteiger partial charge in [-0.05, 0) is 25.1 Å². The van der Waals surface area contributed by atoms with Gasteiger partial charge in [-0.2, -0.15) is 0 Å². The lowest BCUT2D eigenvalue weighted by atomic mass is 10.3. The number of nitrogens with zero attached hydrogens (tertiary/aromatic N) is 2. The van der Waals surface area contributed by atoms with Crippen LogP contribution in [-0.2, 0) is 0 Å². The molecule has 0 unspecified atom stereocenters. The van der Waals surface area contributed by atoms with Gasteiger partial charge in [0.05, 0.1) is 5.56 Å². The van der Waals surface area contributed by atoms with Crippen LogP contribution in [0.15, 0.2) is 30.6 Å². The highest BCUT2D eigenvalue weighted by molar-refractivity contribution is 6.30. The van der Waals surface area contributed by atoms with E-state index in [0.717, 1.165) is 0 Å². The molecule has 2 aromatic rings. The first-order valence-corrected chi connectivity index (χ1v) is 5.05. The quantitative estimate of drug-likeness (QED) is 0.870.